The average molecular weight is 180 g/mol. The zero-order valence-electron chi connectivity index (χ0n) is 8.13. The molecule has 0 radical (unpaired) electrons. The van der Waals surface area contributed by atoms with E-state index in [1.807, 2.05) is 0 Å². The van der Waals surface area contributed by atoms with Gasteiger partial charge >= 0.3 is 0 Å². The molecule has 0 fully saturated rings. The summed E-state index contributed by atoms with van der Waals surface area (Å²) in [6, 6.07) is 6.38. The number of benzene rings is 1. The zero-order chi connectivity index (χ0) is 10.4. The van der Waals surface area contributed by atoms with Gasteiger partial charge in [-0.05, 0) is 37.5 Å². The van der Waals surface area contributed by atoms with Crippen molar-refractivity contribution in [3.05, 3.63) is 34.9 Å². The molecule has 0 aliphatic rings. The van der Waals surface area contributed by atoms with Gasteiger partial charge in [-0.25, -0.2) is 0 Å². The van der Waals surface area contributed by atoms with E-state index in [9.17, 15) is 0 Å². The molecule has 0 saturated carbocycles. The Morgan fingerprint density at radius 1 is 1.23 bits per heavy atom. The minimum Gasteiger partial charge on any atom is -0.530 e. The van der Waals surface area contributed by atoms with Gasteiger partial charge in [-0.2, -0.15) is 0 Å². The number of carboxylic acid groups (broad SMARTS) is 1. The summed E-state index contributed by atoms with van der Waals surface area (Å²) in [6.45, 7) is 6.44. The molecule has 0 atom stereocenters. The molecular weight excluding hydrogens is 166 g/mol. The molecule has 0 heterocycles. The van der Waals surface area contributed by atoms with Crippen LogP contribution >= 0.6 is 0 Å². The highest BCUT2D eigenvalue weighted by molar-refractivity contribution is 5.58. The minimum atomic E-state index is -1.58. The molecule has 1 aromatic rings. The van der Waals surface area contributed by atoms with E-state index in [-0.39, 0.29) is 0 Å². The molecule has 0 aliphatic carbocycles. The lowest BCUT2D eigenvalue weighted by Gasteiger charge is -2.00. The van der Waals surface area contributed by atoms with E-state index in [1.54, 1.807) is 0 Å². The van der Waals surface area contributed by atoms with E-state index in [1.165, 1.54) is 16.7 Å². The first-order valence-electron chi connectivity index (χ1n) is 3.94. The molecule has 0 bridgehead atoms. The molecule has 13 heavy (non-hydrogen) atoms. The van der Waals surface area contributed by atoms with Crippen molar-refractivity contribution in [1.82, 2.24) is 0 Å². The Bertz CT molecular complexity index is 271. The molecule has 1 amide bonds. The maximum atomic E-state index is 8.67. The predicted molar refractivity (Wildman–Crippen MR) is 50.2 cm³/mol. The molecular formula is C10H14NO2-. The SMILES string of the molecule is Cc1cccc(C)c1C.NC(=O)[O-]. The molecule has 0 aromatic heterocycles. The molecule has 0 saturated heterocycles. The summed E-state index contributed by atoms with van der Waals surface area (Å²) < 4.78 is 0. The highest BCUT2D eigenvalue weighted by atomic mass is 16.4. The summed E-state index contributed by atoms with van der Waals surface area (Å²) in [5, 5.41) is 8.67. The summed E-state index contributed by atoms with van der Waals surface area (Å²) in [7, 11) is 0. The van der Waals surface area contributed by atoms with Gasteiger partial charge in [-0.15, -0.1) is 0 Å². The third-order valence-electron chi connectivity index (χ3n) is 1.88. The van der Waals surface area contributed by atoms with Crippen molar-refractivity contribution in [2.75, 3.05) is 0 Å². The van der Waals surface area contributed by atoms with E-state index < -0.39 is 6.09 Å². The summed E-state index contributed by atoms with van der Waals surface area (Å²) in [5.74, 6) is 0. The predicted octanol–water partition coefficient (Wildman–Crippen LogP) is 0.900. The van der Waals surface area contributed by atoms with Crippen molar-refractivity contribution in [3.63, 3.8) is 0 Å². The summed E-state index contributed by atoms with van der Waals surface area (Å²) in [5.41, 5.74) is 8.10. The van der Waals surface area contributed by atoms with E-state index in [0.717, 1.165) is 0 Å². The fraction of sp³-hybridized carbons (Fsp3) is 0.300. The second-order valence-electron chi connectivity index (χ2n) is 2.84. The number of hydrogen-bond donors (Lipinski definition) is 1. The number of aryl methyl sites for hydroxylation is 2. The van der Waals surface area contributed by atoms with Crippen LogP contribution in [0.2, 0.25) is 0 Å². The van der Waals surface area contributed by atoms with Crippen molar-refractivity contribution in [3.8, 4) is 0 Å². The largest absolute Gasteiger partial charge is 0.530 e. The molecule has 0 aliphatic heterocycles. The zero-order valence-corrected chi connectivity index (χ0v) is 8.13. The van der Waals surface area contributed by atoms with Gasteiger partial charge in [0.2, 0.25) is 0 Å². The van der Waals surface area contributed by atoms with Gasteiger partial charge in [0.1, 0.15) is 6.09 Å². The highest BCUT2D eigenvalue weighted by Crippen LogP contribution is 2.09. The van der Waals surface area contributed by atoms with Crippen molar-refractivity contribution in [2.45, 2.75) is 20.8 Å². The van der Waals surface area contributed by atoms with E-state index in [0.29, 0.717) is 0 Å². The lowest BCUT2D eigenvalue weighted by molar-refractivity contribution is -0.245. The minimum absolute atomic E-state index is 1.38. The second kappa shape index (κ2) is 5.19. The summed E-state index contributed by atoms with van der Waals surface area (Å²) in [6.07, 6.45) is -1.58. The molecule has 2 N–H and O–H groups in total. The van der Waals surface area contributed by atoms with Crippen molar-refractivity contribution >= 4 is 6.09 Å². The van der Waals surface area contributed by atoms with Gasteiger partial charge in [0.25, 0.3) is 0 Å². The third-order valence-corrected chi connectivity index (χ3v) is 1.88. The van der Waals surface area contributed by atoms with Crippen molar-refractivity contribution in [2.24, 2.45) is 5.73 Å². The van der Waals surface area contributed by atoms with E-state index in [4.69, 9.17) is 9.90 Å². The molecule has 1 rings (SSSR count). The topological polar surface area (TPSA) is 66.2 Å². The first kappa shape index (κ1) is 11.5. The van der Waals surface area contributed by atoms with Crippen LogP contribution in [0.15, 0.2) is 18.2 Å². The molecule has 3 heteroatoms. The second-order valence-corrected chi connectivity index (χ2v) is 2.84. The molecule has 0 unspecified atom stereocenters. The Morgan fingerprint density at radius 2 is 1.54 bits per heavy atom. The number of hydrogen-bond acceptors (Lipinski definition) is 2. The summed E-state index contributed by atoms with van der Waals surface area (Å²) >= 11 is 0. The lowest BCUT2D eigenvalue weighted by Crippen LogP contribution is -2.29. The Hall–Kier alpha value is -1.51. The van der Waals surface area contributed by atoms with Crippen molar-refractivity contribution < 1.29 is 9.90 Å². The quantitative estimate of drug-likeness (QED) is 0.644. The monoisotopic (exact) mass is 180 g/mol. The molecule has 0 spiro atoms. The van der Waals surface area contributed by atoms with E-state index >= 15 is 0 Å². The first-order chi connectivity index (χ1) is 5.95. The van der Waals surface area contributed by atoms with Gasteiger partial charge < -0.3 is 15.6 Å². The maximum Gasteiger partial charge on any atom is 0.131 e. The van der Waals surface area contributed by atoms with Crippen LogP contribution in [0.5, 0.6) is 0 Å². The first-order valence-corrected chi connectivity index (χ1v) is 3.94. The number of primary amides is 1. The Labute approximate surface area is 78.2 Å². The van der Waals surface area contributed by atoms with Crippen LogP contribution in [0.3, 0.4) is 0 Å². The number of amides is 1. The standard InChI is InChI=1S/C9H12.CH3NO2/c1-7-5-4-6-8(2)9(7)3;2-1(3)4/h4-6H,1-3H3;2H2,(H,3,4)/p-1. The Balaban J connectivity index is 0.000000310. The third kappa shape index (κ3) is 4.85. The van der Waals surface area contributed by atoms with Gasteiger partial charge in [-0.1, -0.05) is 18.2 Å². The smallest absolute Gasteiger partial charge is 0.131 e. The van der Waals surface area contributed by atoms with Crippen LogP contribution in [0.25, 0.3) is 0 Å². The Kier molecular flexibility index (Phi) is 4.59. The summed E-state index contributed by atoms with van der Waals surface area (Å²) in [4.78, 5) is 8.67. The maximum absolute atomic E-state index is 8.67. The van der Waals surface area contributed by atoms with Gasteiger partial charge in [-0.3, -0.25) is 0 Å². The number of carbonyl (C=O) groups excluding carboxylic acids is 1. The van der Waals surface area contributed by atoms with Crippen molar-refractivity contribution in [1.29, 1.82) is 0 Å². The normalized spacial score (nSPS) is 8.54. The van der Waals surface area contributed by atoms with Crippen LogP contribution in [-0.2, 0) is 0 Å². The fourth-order valence-electron chi connectivity index (χ4n) is 0.898. The van der Waals surface area contributed by atoms with Gasteiger partial charge in [0.15, 0.2) is 0 Å². The van der Waals surface area contributed by atoms with Crippen LogP contribution in [-0.4, -0.2) is 6.09 Å². The van der Waals surface area contributed by atoms with Gasteiger partial charge in [0.05, 0.1) is 0 Å². The van der Waals surface area contributed by atoms with Crippen LogP contribution in [0, 0.1) is 20.8 Å². The number of rotatable bonds is 0. The number of nitrogens with two attached hydrogens (primary N) is 1. The van der Waals surface area contributed by atoms with Crippen LogP contribution in [0.1, 0.15) is 16.7 Å². The number of carbonyl (C=O) groups is 1. The Morgan fingerprint density at radius 3 is 1.77 bits per heavy atom. The van der Waals surface area contributed by atoms with E-state index in [2.05, 4.69) is 44.7 Å². The van der Waals surface area contributed by atoms with Crippen LogP contribution in [0.4, 0.5) is 4.79 Å². The van der Waals surface area contributed by atoms with Crippen LogP contribution < -0.4 is 10.8 Å². The molecule has 1 aromatic carbocycles. The highest BCUT2D eigenvalue weighted by Gasteiger charge is 1.91. The fourth-order valence-corrected chi connectivity index (χ4v) is 0.898. The average Bonchev–Trinajstić information content (AvgIpc) is 1.99. The van der Waals surface area contributed by atoms with Gasteiger partial charge in [0, 0.05) is 0 Å². The lowest BCUT2D eigenvalue weighted by atomic mass is 10.1. The molecule has 72 valence electrons. The molecule has 3 nitrogen and oxygen atoms in total.